The fraction of sp³-hybridized carbons (Fsp3) is 0.409. The number of aromatic nitrogens is 2. The van der Waals surface area contributed by atoms with Gasteiger partial charge in [-0.25, -0.2) is 9.37 Å². The molecule has 1 aromatic carbocycles. The molecule has 4 rings (SSSR count). The van der Waals surface area contributed by atoms with Crippen LogP contribution in [0.3, 0.4) is 0 Å². The van der Waals surface area contributed by atoms with Gasteiger partial charge in [0.15, 0.2) is 5.16 Å². The van der Waals surface area contributed by atoms with E-state index in [9.17, 15) is 14.0 Å². The number of carbonyl (C=O) groups excluding carboxylic acids is 1. The molecule has 158 valence electrons. The van der Waals surface area contributed by atoms with Crippen LogP contribution in [-0.4, -0.2) is 27.8 Å². The van der Waals surface area contributed by atoms with Gasteiger partial charge in [-0.2, -0.15) is 0 Å². The van der Waals surface area contributed by atoms with Crippen LogP contribution in [0.15, 0.2) is 34.2 Å². The van der Waals surface area contributed by atoms with Crippen LogP contribution in [0, 0.1) is 5.82 Å². The van der Waals surface area contributed by atoms with E-state index in [-0.39, 0.29) is 23.0 Å². The molecule has 0 fully saturated rings. The molecule has 1 aliphatic rings. The zero-order valence-electron chi connectivity index (χ0n) is 16.9. The third kappa shape index (κ3) is 4.44. The van der Waals surface area contributed by atoms with Crippen LogP contribution in [0.2, 0.25) is 0 Å². The Morgan fingerprint density at radius 2 is 2.10 bits per heavy atom. The first-order valence-electron chi connectivity index (χ1n) is 10.3. The maximum absolute atomic E-state index is 13.1. The molecule has 1 aliphatic carbocycles. The second kappa shape index (κ2) is 9.31. The third-order valence-corrected chi connectivity index (χ3v) is 7.38. The smallest absolute Gasteiger partial charge is 0.263 e. The van der Waals surface area contributed by atoms with E-state index in [0.717, 1.165) is 41.5 Å². The molecule has 0 radical (unpaired) electrons. The van der Waals surface area contributed by atoms with Crippen molar-refractivity contribution in [2.45, 2.75) is 50.7 Å². The Morgan fingerprint density at radius 3 is 2.87 bits per heavy atom. The molecule has 8 heteroatoms. The molecule has 2 aromatic heterocycles. The number of nitrogens with zero attached hydrogens (tertiary/aromatic N) is 2. The first kappa shape index (κ1) is 21.1. The zero-order valence-corrected chi connectivity index (χ0v) is 18.5. The van der Waals surface area contributed by atoms with Gasteiger partial charge in [0.1, 0.15) is 10.6 Å². The number of hydrogen-bond donors (Lipinski definition) is 1. The minimum absolute atomic E-state index is 0.0282. The van der Waals surface area contributed by atoms with Gasteiger partial charge in [-0.05, 0) is 55.4 Å². The highest BCUT2D eigenvalue weighted by Gasteiger charge is 2.23. The highest BCUT2D eigenvalue weighted by molar-refractivity contribution is 7.99. The van der Waals surface area contributed by atoms with Crippen LogP contribution in [0.1, 0.15) is 35.8 Å². The lowest BCUT2D eigenvalue weighted by Gasteiger charge is -2.11. The number of thiophene rings is 1. The lowest BCUT2D eigenvalue weighted by Crippen LogP contribution is -2.28. The Bertz CT molecular complexity index is 1120. The van der Waals surface area contributed by atoms with Gasteiger partial charge in [-0.1, -0.05) is 30.8 Å². The second-order valence-corrected chi connectivity index (χ2v) is 9.43. The first-order chi connectivity index (χ1) is 14.6. The molecule has 0 spiro atoms. The number of halogens is 1. The minimum Gasteiger partial charge on any atom is -0.355 e. The Kier molecular flexibility index (Phi) is 6.53. The Balaban J connectivity index is 1.42. The number of benzene rings is 1. The van der Waals surface area contributed by atoms with Crippen molar-refractivity contribution in [2.24, 2.45) is 0 Å². The van der Waals surface area contributed by atoms with Gasteiger partial charge in [0.05, 0.1) is 11.1 Å². The van der Waals surface area contributed by atoms with E-state index >= 15 is 0 Å². The summed E-state index contributed by atoms with van der Waals surface area (Å²) < 4.78 is 14.7. The fourth-order valence-corrected chi connectivity index (χ4v) is 5.93. The van der Waals surface area contributed by atoms with Gasteiger partial charge in [0.25, 0.3) is 5.56 Å². The number of rotatable bonds is 8. The largest absolute Gasteiger partial charge is 0.355 e. The third-order valence-electron chi connectivity index (χ3n) is 5.22. The predicted octanol–water partition coefficient (Wildman–Crippen LogP) is 3.95. The van der Waals surface area contributed by atoms with Crippen molar-refractivity contribution in [1.82, 2.24) is 14.9 Å². The number of fused-ring (bicyclic) bond motifs is 3. The van der Waals surface area contributed by atoms with Gasteiger partial charge in [0.2, 0.25) is 5.91 Å². The molecular formula is C22H24FN3O2S2. The molecule has 1 N–H and O–H groups in total. The van der Waals surface area contributed by atoms with Crippen molar-refractivity contribution in [3.8, 4) is 0 Å². The molecule has 1 amide bonds. The second-order valence-electron chi connectivity index (χ2n) is 7.40. The van der Waals surface area contributed by atoms with E-state index in [1.165, 1.54) is 34.3 Å². The SMILES string of the molecule is CCCn1c(SCC(=O)NCCc2ccc(F)cc2)nc2sc3c(c2c1=O)CCC3. The fourth-order valence-electron chi connectivity index (χ4n) is 3.77. The zero-order chi connectivity index (χ0) is 21.1. The molecular weight excluding hydrogens is 421 g/mol. The summed E-state index contributed by atoms with van der Waals surface area (Å²) in [6, 6.07) is 6.28. The highest BCUT2D eigenvalue weighted by Crippen LogP contribution is 2.35. The minimum atomic E-state index is -0.266. The lowest BCUT2D eigenvalue weighted by atomic mass is 10.1. The Morgan fingerprint density at radius 1 is 1.30 bits per heavy atom. The molecule has 0 saturated heterocycles. The number of amides is 1. The Hall–Kier alpha value is -2.19. The van der Waals surface area contributed by atoms with E-state index < -0.39 is 0 Å². The summed E-state index contributed by atoms with van der Waals surface area (Å²) in [5.41, 5.74) is 2.19. The summed E-state index contributed by atoms with van der Waals surface area (Å²) in [7, 11) is 0. The van der Waals surface area contributed by atoms with Crippen LogP contribution in [0.4, 0.5) is 4.39 Å². The number of hydrogen-bond acceptors (Lipinski definition) is 5. The molecule has 0 unspecified atom stereocenters. The molecule has 0 bridgehead atoms. The summed E-state index contributed by atoms with van der Waals surface area (Å²) in [5, 5.41) is 4.28. The highest BCUT2D eigenvalue weighted by atomic mass is 32.2. The van der Waals surface area contributed by atoms with Gasteiger partial charge < -0.3 is 5.32 Å². The summed E-state index contributed by atoms with van der Waals surface area (Å²) >= 11 is 2.93. The molecule has 0 saturated carbocycles. The first-order valence-corrected chi connectivity index (χ1v) is 12.1. The molecule has 5 nitrogen and oxygen atoms in total. The molecule has 0 aliphatic heterocycles. The van der Waals surface area contributed by atoms with Crippen molar-refractivity contribution in [3.05, 3.63) is 56.4 Å². The topological polar surface area (TPSA) is 64.0 Å². The standard InChI is InChI=1S/C22H24FN3O2S2/c1-2-12-26-21(28)19-16-4-3-5-17(16)30-20(19)25-22(26)29-13-18(27)24-11-10-14-6-8-15(23)9-7-14/h6-9H,2-5,10-13H2,1H3,(H,24,27). The van der Waals surface area contributed by atoms with Crippen LogP contribution in [0.5, 0.6) is 0 Å². The molecule has 2 heterocycles. The van der Waals surface area contributed by atoms with E-state index in [4.69, 9.17) is 4.98 Å². The van der Waals surface area contributed by atoms with Crippen molar-refractivity contribution < 1.29 is 9.18 Å². The molecule has 0 atom stereocenters. The maximum atomic E-state index is 13.1. The summed E-state index contributed by atoms with van der Waals surface area (Å²) in [5.74, 6) is -0.165. The van der Waals surface area contributed by atoms with Gasteiger partial charge in [-0.3, -0.25) is 14.2 Å². The van der Waals surface area contributed by atoms with E-state index in [1.807, 2.05) is 6.92 Å². The van der Waals surface area contributed by atoms with E-state index in [1.54, 1.807) is 28.0 Å². The van der Waals surface area contributed by atoms with Gasteiger partial charge in [-0.15, -0.1) is 11.3 Å². The van der Waals surface area contributed by atoms with Crippen molar-refractivity contribution in [2.75, 3.05) is 12.3 Å². The molecule has 30 heavy (non-hydrogen) atoms. The van der Waals surface area contributed by atoms with Crippen LogP contribution < -0.4 is 10.9 Å². The number of nitrogens with one attached hydrogen (secondary N) is 1. The average Bonchev–Trinajstić information content (AvgIpc) is 3.31. The van der Waals surface area contributed by atoms with Crippen molar-refractivity contribution in [3.63, 3.8) is 0 Å². The number of thioether (sulfide) groups is 1. The average molecular weight is 446 g/mol. The van der Waals surface area contributed by atoms with E-state index in [2.05, 4.69) is 5.32 Å². The van der Waals surface area contributed by atoms with Crippen molar-refractivity contribution in [1.29, 1.82) is 0 Å². The van der Waals surface area contributed by atoms with E-state index in [0.29, 0.717) is 24.7 Å². The lowest BCUT2D eigenvalue weighted by molar-refractivity contribution is -0.118. The normalized spacial score (nSPS) is 13.0. The molecule has 3 aromatic rings. The number of carbonyl (C=O) groups is 1. The predicted molar refractivity (Wildman–Crippen MR) is 120 cm³/mol. The van der Waals surface area contributed by atoms with Crippen LogP contribution >= 0.6 is 23.1 Å². The summed E-state index contributed by atoms with van der Waals surface area (Å²) in [4.78, 5) is 32.3. The van der Waals surface area contributed by atoms with Crippen LogP contribution in [-0.2, 0) is 30.6 Å². The number of aryl methyl sites for hydroxylation is 2. The monoisotopic (exact) mass is 445 g/mol. The quantitative estimate of drug-likeness (QED) is 0.421. The maximum Gasteiger partial charge on any atom is 0.263 e. The van der Waals surface area contributed by atoms with Gasteiger partial charge in [0, 0.05) is 18.0 Å². The Labute approximate surface area is 182 Å². The summed E-state index contributed by atoms with van der Waals surface area (Å²) in [6.45, 7) is 3.11. The summed E-state index contributed by atoms with van der Waals surface area (Å²) in [6.07, 6.45) is 4.57. The van der Waals surface area contributed by atoms with Crippen molar-refractivity contribution >= 4 is 39.2 Å². The van der Waals surface area contributed by atoms with Gasteiger partial charge >= 0.3 is 0 Å². The van der Waals surface area contributed by atoms with Crippen LogP contribution in [0.25, 0.3) is 10.2 Å².